The number of hydrogen-bond acceptors (Lipinski definition) is 3. The highest BCUT2D eigenvalue weighted by Crippen LogP contribution is 2.24. The van der Waals surface area contributed by atoms with Crippen molar-refractivity contribution in [2.24, 2.45) is 0 Å². The number of hydrogen-bond donors (Lipinski definition) is 2. The first-order valence-corrected chi connectivity index (χ1v) is 7.75. The van der Waals surface area contributed by atoms with Crippen LogP contribution in [0, 0.1) is 5.82 Å². The minimum absolute atomic E-state index is 0.0213. The Morgan fingerprint density at radius 2 is 1.76 bits per heavy atom. The second-order valence-corrected chi connectivity index (χ2v) is 7.04. The highest BCUT2D eigenvalue weighted by Gasteiger charge is 2.15. The van der Waals surface area contributed by atoms with Gasteiger partial charge >= 0.3 is 0 Å². The van der Waals surface area contributed by atoms with Crippen LogP contribution in [0.15, 0.2) is 28.1 Å². The van der Waals surface area contributed by atoms with Crippen molar-refractivity contribution in [1.82, 2.24) is 10.9 Å². The fourth-order valence-corrected chi connectivity index (χ4v) is 3.13. The maximum Gasteiger partial charge on any atom is 0.279 e. The fraction of sp³-hybridized carbons (Fsp3) is 0. The largest absolute Gasteiger partial charge is 0.279 e. The van der Waals surface area contributed by atoms with Crippen LogP contribution in [-0.2, 0) is 0 Å². The molecule has 0 atom stereocenters. The lowest BCUT2D eigenvalue weighted by Crippen LogP contribution is -2.41. The van der Waals surface area contributed by atoms with Crippen molar-refractivity contribution in [3.8, 4) is 0 Å². The molecule has 0 saturated heterocycles. The lowest BCUT2D eigenvalue weighted by atomic mass is 10.2. The SMILES string of the molecule is O=C(NNC(=O)c1cc(F)c(Cl)cc1Cl)c1ccc(Br)s1. The molecule has 0 bridgehead atoms. The van der Waals surface area contributed by atoms with Gasteiger partial charge in [-0.3, -0.25) is 20.4 Å². The molecule has 0 radical (unpaired) electrons. The van der Waals surface area contributed by atoms with Gasteiger partial charge < -0.3 is 0 Å². The van der Waals surface area contributed by atoms with Crippen LogP contribution in [0.3, 0.4) is 0 Å². The molecule has 0 aliphatic carbocycles. The average Bonchev–Trinajstić information content (AvgIpc) is 2.86. The molecule has 0 aliphatic heterocycles. The van der Waals surface area contributed by atoms with Gasteiger partial charge in [0.05, 0.1) is 24.3 Å². The monoisotopic (exact) mass is 410 g/mol. The summed E-state index contributed by atoms with van der Waals surface area (Å²) in [5.74, 6) is -2.02. The number of amides is 2. The Hall–Kier alpha value is -1.15. The summed E-state index contributed by atoms with van der Waals surface area (Å²) in [5.41, 5.74) is 4.23. The maximum atomic E-state index is 13.3. The molecular formula is C12H6BrCl2FN2O2S. The molecule has 2 aromatic rings. The number of carbonyl (C=O) groups excluding carboxylic acids is 2. The van der Waals surface area contributed by atoms with Crippen LogP contribution < -0.4 is 10.9 Å². The van der Waals surface area contributed by atoms with Crippen LogP contribution in [0.5, 0.6) is 0 Å². The molecule has 0 fully saturated rings. The van der Waals surface area contributed by atoms with Crippen molar-refractivity contribution in [2.75, 3.05) is 0 Å². The predicted octanol–water partition coefficient (Wildman–Crippen LogP) is 4.03. The summed E-state index contributed by atoms with van der Waals surface area (Å²) in [6.07, 6.45) is 0. The standard InChI is InChI=1S/C12H6BrCl2FN2O2S/c13-10-2-1-9(21-10)12(20)18-17-11(19)5-3-8(16)7(15)4-6(5)14/h1-4H,(H,17,19)(H,18,20). The van der Waals surface area contributed by atoms with Gasteiger partial charge in [-0.1, -0.05) is 23.2 Å². The van der Waals surface area contributed by atoms with E-state index < -0.39 is 17.6 Å². The van der Waals surface area contributed by atoms with Gasteiger partial charge in [-0.2, -0.15) is 0 Å². The zero-order chi connectivity index (χ0) is 15.6. The van der Waals surface area contributed by atoms with E-state index in [1.54, 1.807) is 12.1 Å². The minimum Gasteiger partial charge on any atom is -0.267 e. The van der Waals surface area contributed by atoms with Crippen LogP contribution >= 0.6 is 50.5 Å². The molecule has 0 aliphatic rings. The van der Waals surface area contributed by atoms with Crippen LogP contribution in [0.1, 0.15) is 20.0 Å². The van der Waals surface area contributed by atoms with Crippen LogP contribution in [0.25, 0.3) is 0 Å². The molecule has 0 unspecified atom stereocenters. The third-order valence-electron chi connectivity index (χ3n) is 2.34. The van der Waals surface area contributed by atoms with Crippen molar-refractivity contribution >= 4 is 62.3 Å². The molecule has 1 heterocycles. The van der Waals surface area contributed by atoms with E-state index in [-0.39, 0.29) is 15.6 Å². The Kier molecular flexibility index (Phi) is 5.21. The van der Waals surface area contributed by atoms with Gasteiger partial charge in [-0.05, 0) is 40.2 Å². The van der Waals surface area contributed by atoms with E-state index in [0.717, 1.165) is 15.9 Å². The van der Waals surface area contributed by atoms with Crippen molar-refractivity contribution < 1.29 is 14.0 Å². The van der Waals surface area contributed by atoms with E-state index in [1.165, 1.54) is 11.3 Å². The van der Waals surface area contributed by atoms with Gasteiger partial charge in [0.15, 0.2) is 0 Å². The van der Waals surface area contributed by atoms with Crippen molar-refractivity contribution in [3.63, 3.8) is 0 Å². The molecule has 9 heteroatoms. The Bertz CT molecular complexity index is 723. The maximum absolute atomic E-state index is 13.3. The molecule has 1 aromatic heterocycles. The number of halogens is 4. The molecule has 1 aromatic carbocycles. The van der Waals surface area contributed by atoms with E-state index in [1.807, 2.05) is 0 Å². The van der Waals surface area contributed by atoms with E-state index >= 15 is 0 Å². The van der Waals surface area contributed by atoms with E-state index in [4.69, 9.17) is 23.2 Å². The molecule has 0 spiro atoms. The summed E-state index contributed by atoms with van der Waals surface area (Å²) in [6, 6.07) is 5.30. The summed E-state index contributed by atoms with van der Waals surface area (Å²) >= 11 is 15.8. The summed E-state index contributed by atoms with van der Waals surface area (Å²) in [4.78, 5) is 24.0. The minimum atomic E-state index is -0.778. The Labute approximate surface area is 141 Å². The normalized spacial score (nSPS) is 10.3. The second kappa shape index (κ2) is 6.74. The topological polar surface area (TPSA) is 58.2 Å². The number of nitrogens with one attached hydrogen (secondary N) is 2. The Balaban J connectivity index is 2.05. The lowest BCUT2D eigenvalue weighted by Gasteiger charge is -2.08. The highest BCUT2D eigenvalue weighted by atomic mass is 79.9. The summed E-state index contributed by atoms with van der Waals surface area (Å²) in [7, 11) is 0. The zero-order valence-electron chi connectivity index (χ0n) is 10.0. The van der Waals surface area contributed by atoms with Gasteiger partial charge in [0, 0.05) is 0 Å². The van der Waals surface area contributed by atoms with Gasteiger partial charge in [-0.25, -0.2) is 4.39 Å². The third-order valence-corrected chi connectivity index (χ3v) is 4.57. The van der Waals surface area contributed by atoms with Crippen molar-refractivity contribution in [1.29, 1.82) is 0 Å². The first-order chi connectivity index (χ1) is 9.88. The molecule has 0 saturated carbocycles. The van der Waals surface area contributed by atoms with Gasteiger partial charge in [-0.15, -0.1) is 11.3 Å². The van der Waals surface area contributed by atoms with Gasteiger partial charge in [0.2, 0.25) is 0 Å². The van der Waals surface area contributed by atoms with Crippen LogP contribution in [-0.4, -0.2) is 11.8 Å². The van der Waals surface area contributed by atoms with Gasteiger partial charge in [0.25, 0.3) is 11.8 Å². The summed E-state index contributed by atoms with van der Waals surface area (Å²) in [5, 5.41) is -0.212. The Morgan fingerprint density at radius 1 is 1.10 bits per heavy atom. The Morgan fingerprint density at radius 3 is 2.38 bits per heavy atom. The molecular weight excluding hydrogens is 406 g/mol. The highest BCUT2D eigenvalue weighted by molar-refractivity contribution is 9.11. The first kappa shape index (κ1) is 16.2. The molecule has 4 nitrogen and oxygen atoms in total. The van der Waals surface area contributed by atoms with Crippen LogP contribution in [0.4, 0.5) is 4.39 Å². The molecule has 2 amide bonds. The van der Waals surface area contributed by atoms with Crippen LogP contribution in [0.2, 0.25) is 10.0 Å². The third kappa shape index (κ3) is 3.94. The molecule has 2 N–H and O–H groups in total. The number of thiophene rings is 1. The molecule has 110 valence electrons. The molecule has 2 rings (SSSR count). The number of carbonyl (C=O) groups is 2. The van der Waals surface area contributed by atoms with E-state index in [0.29, 0.717) is 4.88 Å². The quantitative estimate of drug-likeness (QED) is 0.578. The van der Waals surface area contributed by atoms with Gasteiger partial charge in [0.1, 0.15) is 5.82 Å². The first-order valence-electron chi connectivity index (χ1n) is 5.39. The summed E-state index contributed by atoms with van der Waals surface area (Å²) in [6.45, 7) is 0. The number of benzene rings is 1. The predicted molar refractivity (Wildman–Crippen MR) is 83.4 cm³/mol. The molecule has 21 heavy (non-hydrogen) atoms. The van der Waals surface area contributed by atoms with E-state index in [2.05, 4.69) is 26.8 Å². The van der Waals surface area contributed by atoms with Crippen molar-refractivity contribution in [2.45, 2.75) is 0 Å². The second-order valence-electron chi connectivity index (χ2n) is 3.76. The zero-order valence-corrected chi connectivity index (χ0v) is 14.0. The fourth-order valence-electron chi connectivity index (χ4n) is 1.38. The average molecular weight is 412 g/mol. The number of rotatable bonds is 2. The lowest BCUT2D eigenvalue weighted by molar-refractivity contribution is 0.0849. The van der Waals surface area contributed by atoms with E-state index in [9.17, 15) is 14.0 Å². The smallest absolute Gasteiger partial charge is 0.267 e. The summed E-state index contributed by atoms with van der Waals surface area (Å²) < 4.78 is 14.1. The van der Waals surface area contributed by atoms with Crippen molar-refractivity contribution in [3.05, 3.63) is 54.4 Å². The number of hydrazine groups is 1.